The van der Waals surface area contributed by atoms with Crippen LogP contribution in [0.15, 0.2) is 59.5 Å². The van der Waals surface area contributed by atoms with Crippen LogP contribution in [-0.4, -0.2) is 69.2 Å². The zero-order chi connectivity index (χ0) is 21.9. The summed E-state index contributed by atoms with van der Waals surface area (Å²) in [4.78, 5) is 6.01. The quantitative estimate of drug-likeness (QED) is 0.429. The minimum Gasteiger partial charge on any atom is -0.374 e. The molecule has 0 spiro atoms. The van der Waals surface area contributed by atoms with Crippen LogP contribution in [0.4, 0.5) is 11.4 Å². The zero-order valence-electron chi connectivity index (χ0n) is 18.8. The molecule has 4 rings (SSSR count). The molecule has 2 aromatic rings. The normalized spacial score (nSPS) is 20.3. The lowest BCUT2D eigenvalue weighted by molar-refractivity contribution is -0.887. The fourth-order valence-electron chi connectivity index (χ4n) is 4.27. The van der Waals surface area contributed by atoms with Gasteiger partial charge in [0.1, 0.15) is 0 Å². The molecule has 0 radical (unpaired) electrons. The van der Waals surface area contributed by atoms with Crippen LogP contribution in [0.2, 0.25) is 0 Å². The van der Waals surface area contributed by atoms with E-state index in [0.717, 1.165) is 36.5 Å². The Kier molecular flexibility index (Phi) is 6.92. The molecule has 1 unspecified atom stereocenters. The summed E-state index contributed by atoms with van der Waals surface area (Å²) in [5.41, 5.74) is 3.74. The molecule has 166 valence electrons. The summed E-state index contributed by atoms with van der Waals surface area (Å²) in [7, 11) is 6.75. The Morgan fingerprint density at radius 2 is 1.94 bits per heavy atom. The summed E-state index contributed by atoms with van der Waals surface area (Å²) in [5, 5.41) is -0.406. The van der Waals surface area contributed by atoms with Crippen molar-refractivity contribution in [1.82, 2.24) is 0 Å². The lowest BCUT2D eigenvalue weighted by atomic mass is 10.1. The number of anilines is 2. The standard InChI is InChI=1S/C25H33N3OS2/c1-26(15-6-17-28(2,3)18-20-30)22-11-9-21(10-12-22)13-14-25-27(16-19-29-25)23-7-4-5-8-24(23)31-25/h4-5,7-14H,6,15-20H2,1-3H3/p+1/b14-13+. The number of para-hydroxylation sites is 1. The highest BCUT2D eigenvalue weighted by Crippen LogP contribution is 2.53. The van der Waals surface area contributed by atoms with E-state index in [-0.39, 0.29) is 0 Å². The number of rotatable bonds is 9. The average molecular weight is 457 g/mol. The summed E-state index contributed by atoms with van der Waals surface area (Å²) in [5.74, 6) is 0.937. The first-order chi connectivity index (χ1) is 14.9. The van der Waals surface area contributed by atoms with E-state index < -0.39 is 5.06 Å². The van der Waals surface area contributed by atoms with Crippen LogP contribution in [0.5, 0.6) is 0 Å². The molecule has 4 nitrogen and oxygen atoms in total. The van der Waals surface area contributed by atoms with Gasteiger partial charge in [0.15, 0.2) is 0 Å². The molecular weight excluding hydrogens is 422 g/mol. The Bertz CT molecular complexity index is 915. The number of thioether (sulfide) groups is 1. The van der Waals surface area contributed by atoms with Crippen LogP contribution in [0.1, 0.15) is 12.0 Å². The second-order valence-corrected chi connectivity index (χ2v) is 10.7. The number of fused-ring (bicyclic) bond motifs is 3. The number of benzene rings is 2. The van der Waals surface area contributed by atoms with Gasteiger partial charge in [-0.15, -0.1) is 0 Å². The van der Waals surface area contributed by atoms with Gasteiger partial charge in [-0.1, -0.05) is 42.1 Å². The highest BCUT2D eigenvalue weighted by molar-refractivity contribution is 8.01. The Morgan fingerprint density at radius 3 is 2.71 bits per heavy atom. The van der Waals surface area contributed by atoms with Crippen LogP contribution < -0.4 is 9.80 Å². The Hall–Kier alpha value is -1.60. The molecule has 0 saturated carbocycles. The van der Waals surface area contributed by atoms with Crippen LogP contribution in [0, 0.1) is 0 Å². The molecule has 2 heterocycles. The molecule has 0 aromatic heterocycles. The Balaban J connectivity index is 1.36. The van der Waals surface area contributed by atoms with Gasteiger partial charge in [-0.2, -0.15) is 12.6 Å². The molecule has 1 atom stereocenters. The van der Waals surface area contributed by atoms with E-state index in [1.165, 1.54) is 34.8 Å². The van der Waals surface area contributed by atoms with E-state index >= 15 is 0 Å². The topological polar surface area (TPSA) is 15.7 Å². The van der Waals surface area contributed by atoms with Crippen LogP contribution in [-0.2, 0) is 4.74 Å². The molecular formula is C25H34N3OS2+. The van der Waals surface area contributed by atoms with Gasteiger partial charge in [0.25, 0.3) is 0 Å². The monoisotopic (exact) mass is 456 g/mol. The maximum Gasteiger partial charge on any atom is 0.214 e. The predicted octanol–water partition coefficient (Wildman–Crippen LogP) is 4.83. The molecule has 31 heavy (non-hydrogen) atoms. The van der Waals surface area contributed by atoms with Crippen molar-refractivity contribution >= 4 is 41.8 Å². The highest BCUT2D eigenvalue weighted by Gasteiger charge is 2.47. The minimum atomic E-state index is -0.406. The average Bonchev–Trinajstić information content (AvgIpc) is 3.29. The molecule has 1 fully saturated rings. The molecule has 0 N–H and O–H groups in total. The molecule has 2 aromatic carbocycles. The molecule has 1 saturated heterocycles. The van der Waals surface area contributed by atoms with E-state index in [1.54, 1.807) is 11.8 Å². The van der Waals surface area contributed by atoms with Gasteiger partial charge in [0, 0.05) is 42.9 Å². The van der Waals surface area contributed by atoms with Crippen molar-refractivity contribution in [2.45, 2.75) is 16.4 Å². The summed E-state index contributed by atoms with van der Waals surface area (Å²) in [6.07, 6.45) is 5.58. The number of quaternary nitrogens is 1. The summed E-state index contributed by atoms with van der Waals surface area (Å²) in [6, 6.07) is 17.4. The van der Waals surface area contributed by atoms with Crippen LogP contribution in [0.25, 0.3) is 6.08 Å². The van der Waals surface area contributed by atoms with Gasteiger partial charge >= 0.3 is 0 Å². The molecule has 0 bridgehead atoms. The first-order valence-electron chi connectivity index (χ1n) is 11.1. The first kappa shape index (κ1) is 22.6. The zero-order valence-corrected chi connectivity index (χ0v) is 20.5. The van der Waals surface area contributed by atoms with Gasteiger partial charge in [0.2, 0.25) is 5.06 Å². The maximum absolute atomic E-state index is 6.21. The number of hydrogen-bond acceptors (Lipinski definition) is 5. The van der Waals surface area contributed by atoms with Gasteiger partial charge < -0.3 is 19.0 Å². The molecule has 2 aliphatic heterocycles. The van der Waals surface area contributed by atoms with Crippen molar-refractivity contribution in [3.63, 3.8) is 0 Å². The van der Waals surface area contributed by atoms with E-state index in [1.807, 2.05) is 0 Å². The third-order valence-electron chi connectivity index (χ3n) is 6.19. The molecule has 0 amide bonds. The highest BCUT2D eigenvalue weighted by atomic mass is 32.2. The summed E-state index contributed by atoms with van der Waals surface area (Å²) < 4.78 is 7.24. The number of ether oxygens (including phenoxy) is 1. The van der Waals surface area contributed by atoms with E-state index in [4.69, 9.17) is 4.74 Å². The maximum atomic E-state index is 6.21. The second kappa shape index (κ2) is 9.49. The minimum absolute atomic E-state index is 0.406. The lowest BCUT2D eigenvalue weighted by Gasteiger charge is -2.30. The molecule has 6 heteroatoms. The number of thiol groups is 1. The number of nitrogens with zero attached hydrogens (tertiary/aromatic N) is 3. The van der Waals surface area contributed by atoms with Crippen molar-refractivity contribution < 1.29 is 9.22 Å². The van der Waals surface area contributed by atoms with E-state index in [9.17, 15) is 0 Å². The van der Waals surface area contributed by atoms with Gasteiger partial charge in [-0.25, -0.2) is 0 Å². The molecule has 2 aliphatic rings. The van der Waals surface area contributed by atoms with Gasteiger partial charge in [-0.05, 0) is 35.9 Å². The summed E-state index contributed by atoms with van der Waals surface area (Å²) in [6.45, 7) is 5.04. The van der Waals surface area contributed by atoms with Crippen LogP contribution in [0.3, 0.4) is 0 Å². The molecule has 0 aliphatic carbocycles. The number of hydrogen-bond donors (Lipinski definition) is 1. The largest absolute Gasteiger partial charge is 0.374 e. The van der Waals surface area contributed by atoms with Gasteiger partial charge in [-0.3, -0.25) is 0 Å². The van der Waals surface area contributed by atoms with Gasteiger partial charge in [0.05, 0.1) is 39.5 Å². The predicted molar refractivity (Wildman–Crippen MR) is 137 cm³/mol. The summed E-state index contributed by atoms with van der Waals surface area (Å²) >= 11 is 6.18. The second-order valence-electron chi connectivity index (χ2n) is 9.01. The van der Waals surface area contributed by atoms with Crippen molar-refractivity contribution in [2.75, 3.05) is 69.5 Å². The van der Waals surface area contributed by atoms with E-state index in [2.05, 4.69) is 104 Å². The van der Waals surface area contributed by atoms with Crippen molar-refractivity contribution in [3.05, 3.63) is 60.2 Å². The van der Waals surface area contributed by atoms with E-state index in [0.29, 0.717) is 0 Å². The van der Waals surface area contributed by atoms with Crippen molar-refractivity contribution in [2.24, 2.45) is 0 Å². The van der Waals surface area contributed by atoms with Crippen molar-refractivity contribution in [3.8, 4) is 0 Å². The van der Waals surface area contributed by atoms with Crippen molar-refractivity contribution in [1.29, 1.82) is 0 Å². The lowest BCUT2D eigenvalue weighted by Crippen LogP contribution is -2.43. The third-order valence-corrected chi connectivity index (χ3v) is 7.73. The Labute approximate surface area is 196 Å². The fourth-order valence-corrected chi connectivity index (χ4v) is 6.14. The SMILES string of the molecule is CN(CCC[N+](C)(C)CCS)c1ccc(/C=C/C23OCCN2c2ccccc2S3)cc1. The smallest absolute Gasteiger partial charge is 0.214 e. The fraction of sp³-hybridized carbons (Fsp3) is 0.440. The van der Waals surface area contributed by atoms with Crippen LogP contribution >= 0.6 is 24.4 Å². The Morgan fingerprint density at radius 1 is 1.16 bits per heavy atom. The first-order valence-corrected chi connectivity index (χ1v) is 12.5. The third kappa shape index (κ3) is 5.08.